The van der Waals surface area contributed by atoms with Gasteiger partial charge in [0, 0.05) is 23.7 Å². The van der Waals surface area contributed by atoms with E-state index in [0.717, 1.165) is 56.1 Å². The van der Waals surface area contributed by atoms with Crippen LogP contribution >= 0.6 is 0 Å². The third-order valence-corrected chi connectivity index (χ3v) is 7.90. The van der Waals surface area contributed by atoms with Gasteiger partial charge in [0.05, 0.1) is 29.6 Å². The van der Waals surface area contributed by atoms with Crippen LogP contribution in [0.3, 0.4) is 0 Å². The molecule has 0 aliphatic heterocycles. The molecule has 1 fully saturated rings. The van der Waals surface area contributed by atoms with Crippen molar-refractivity contribution in [3.8, 4) is 23.2 Å². The number of hydrogen-bond acceptors (Lipinski definition) is 5. The Kier molecular flexibility index (Phi) is 6.79. The molecule has 1 atom stereocenters. The number of alkyl halides is 3. The maximum atomic E-state index is 12.9. The second kappa shape index (κ2) is 9.51. The van der Waals surface area contributed by atoms with Crippen molar-refractivity contribution in [3.63, 3.8) is 0 Å². The molecule has 1 aliphatic carbocycles. The SMILES string of the molecule is COc1ccc2c(C#N)c(-c3ccc(S(=O)(=O)NC(C)C(F)(F)F)cn3)n(C3CCCCC3)c2c1. The number of nitriles is 1. The molecule has 35 heavy (non-hydrogen) atoms. The first-order valence-electron chi connectivity index (χ1n) is 11.2. The molecule has 0 saturated heterocycles. The quantitative estimate of drug-likeness (QED) is 0.488. The van der Waals surface area contributed by atoms with Gasteiger partial charge in [0.2, 0.25) is 10.0 Å². The summed E-state index contributed by atoms with van der Waals surface area (Å²) in [5, 5.41) is 10.8. The molecule has 0 bridgehead atoms. The zero-order valence-electron chi connectivity index (χ0n) is 19.3. The van der Waals surface area contributed by atoms with E-state index in [-0.39, 0.29) is 6.04 Å². The lowest BCUT2D eigenvalue weighted by atomic mass is 9.95. The topological polar surface area (TPSA) is 97.0 Å². The van der Waals surface area contributed by atoms with Crippen molar-refractivity contribution >= 4 is 20.9 Å². The lowest BCUT2D eigenvalue weighted by molar-refractivity contribution is -0.147. The molecule has 186 valence electrons. The maximum absolute atomic E-state index is 12.9. The number of benzene rings is 1. The molecular weight excluding hydrogens is 481 g/mol. The number of fused-ring (bicyclic) bond motifs is 1. The number of ether oxygens (including phenoxy) is 1. The van der Waals surface area contributed by atoms with Gasteiger partial charge in [-0.15, -0.1) is 0 Å². The van der Waals surface area contributed by atoms with Crippen LogP contribution in [0.15, 0.2) is 41.4 Å². The number of sulfonamides is 1. The van der Waals surface area contributed by atoms with Crippen molar-refractivity contribution in [2.45, 2.75) is 62.2 Å². The van der Waals surface area contributed by atoms with Crippen LogP contribution in [0.5, 0.6) is 5.75 Å². The van der Waals surface area contributed by atoms with Gasteiger partial charge in [-0.25, -0.2) is 8.42 Å². The Morgan fingerprint density at radius 1 is 1.20 bits per heavy atom. The molecule has 11 heteroatoms. The highest BCUT2D eigenvalue weighted by atomic mass is 32.2. The molecule has 0 spiro atoms. The highest BCUT2D eigenvalue weighted by molar-refractivity contribution is 7.89. The van der Waals surface area contributed by atoms with E-state index in [0.29, 0.717) is 22.7 Å². The van der Waals surface area contributed by atoms with Gasteiger partial charge in [-0.2, -0.15) is 23.2 Å². The van der Waals surface area contributed by atoms with Crippen molar-refractivity contribution in [3.05, 3.63) is 42.1 Å². The summed E-state index contributed by atoms with van der Waals surface area (Å²) in [5.41, 5.74) is 2.15. The molecule has 3 aromatic rings. The molecule has 1 N–H and O–H groups in total. The summed E-state index contributed by atoms with van der Waals surface area (Å²) in [6.07, 6.45) is 1.37. The van der Waals surface area contributed by atoms with Gasteiger partial charge in [-0.3, -0.25) is 4.98 Å². The largest absolute Gasteiger partial charge is 0.497 e. The van der Waals surface area contributed by atoms with E-state index in [1.165, 1.54) is 12.1 Å². The lowest BCUT2D eigenvalue weighted by Crippen LogP contribution is -2.42. The summed E-state index contributed by atoms with van der Waals surface area (Å²) in [7, 11) is -2.88. The predicted octanol–water partition coefficient (Wildman–Crippen LogP) is 5.32. The average Bonchev–Trinajstić information content (AvgIpc) is 3.17. The predicted molar refractivity (Wildman–Crippen MR) is 124 cm³/mol. The Morgan fingerprint density at radius 2 is 1.91 bits per heavy atom. The maximum Gasteiger partial charge on any atom is 0.404 e. The first kappa shape index (κ1) is 25.0. The van der Waals surface area contributed by atoms with Crippen LogP contribution in [0.25, 0.3) is 22.3 Å². The van der Waals surface area contributed by atoms with Crippen LogP contribution in [-0.4, -0.2) is 37.3 Å². The van der Waals surface area contributed by atoms with Crippen LogP contribution in [0, 0.1) is 11.3 Å². The van der Waals surface area contributed by atoms with Gasteiger partial charge in [-0.05, 0) is 44.0 Å². The van der Waals surface area contributed by atoms with E-state index >= 15 is 0 Å². The first-order chi connectivity index (χ1) is 16.6. The van der Waals surface area contributed by atoms with E-state index in [1.54, 1.807) is 17.9 Å². The number of nitrogens with one attached hydrogen (secondary N) is 1. The molecule has 1 saturated carbocycles. The van der Waals surface area contributed by atoms with Crippen molar-refractivity contribution in [1.82, 2.24) is 14.3 Å². The van der Waals surface area contributed by atoms with E-state index in [9.17, 15) is 26.9 Å². The van der Waals surface area contributed by atoms with Crippen LogP contribution < -0.4 is 9.46 Å². The fourth-order valence-electron chi connectivity index (χ4n) is 4.55. The van der Waals surface area contributed by atoms with E-state index in [2.05, 4.69) is 15.6 Å². The standard InChI is InChI=1S/C24H25F3N4O3S/c1-15(24(25,26)27)30-35(32,33)18-9-11-21(29-14-18)23-20(13-28)19-10-8-17(34-2)12-22(19)31(23)16-6-4-3-5-7-16/h8-12,14-16,30H,3-7H2,1-2H3. The van der Waals surface area contributed by atoms with Crippen molar-refractivity contribution in [2.24, 2.45) is 0 Å². The Balaban J connectivity index is 1.83. The number of pyridine rings is 1. The summed E-state index contributed by atoms with van der Waals surface area (Å²) in [6.45, 7) is 0.732. The number of methoxy groups -OCH3 is 1. The summed E-state index contributed by atoms with van der Waals surface area (Å²) < 4.78 is 72.6. The van der Waals surface area contributed by atoms with Crippen LogP contribution in [0.1, 0.15) is 50.6 Å². The van der Waals surface area contributed by atoms with Crippen molar-refractivity contribution < 1.29 is 26.3 Å². The monoisotopic (exact) mass is 506 g/mol. The summed E-state index contributed by atoms with van der Waals surface area (Å²) in [6, 6.07) is 8.23. The van der Waals surface area contributed by atoms with Gasteiger partial charge in [0.1, 0.15) is 22.8 Å². The molecule has 1 aromatic carbocycles. The fourth-order valence-corrected chi connectivity index (χ4v) is 5.72. The van der Waals surface area contributed by atoms with Crippen molar-refractivity contribution in [1.29, 1.82) is 5.26 Å². The Bertz CT molecular complexity index is 1370. The molecular formula is C24H25F3N4O3S. The van der Waals surface area contributed by atoms with Gasteiger partial charge >= 0.3 is 6.18 Å². The van der Waals surface area contributed by atoms with Crippen molar-refractivity contribution in [2.75, 3.05) is 7.11 Å². The highest BCUT2D eigenvalue weighted by Crippen LogP contribution is 2.41. The summed E-state index contributed by atoms with van der Waals surface area (Å²) in [4.78, 5) is 3.89. The van der Waals surface area contributed by atoms with Gasteiger partial charge < -0.3 is 9.30 Å². The zero-order chi connectivity index (χ0) is 25.4. The second-order valence-corrected chi connectivity index (χ2v) is 10.4. The molecule has 1 unspecified atom stereocenters. The van der Waals surface area contributed by atoms with Gasteiger partial charge in [0.25, 0.3) is 0 Å². The minimum absolute atomic E-state index is 0.120. The molecule has 2 heterocycles. The first-order valence-corrected chi connectivity index (χ1v) is 12.7. The second-order valence-electron chi connectivity index (χ2n) is 8.64. The van der Waals surface area contributed by atoms with Crippen LogP contribution in [-0.2, 0) is 10.0 Å². The summed E-state index contributed by atoms with van der Waals surface area (Å²) in [5.74, 6) is 0.641. The number of halogens is 3. The Hall–Kier alpha value is -3.10. The third-order valence-electron chi connectivity index (χ3n) is 6.38. The van der Waals surface area contributed by atoms with E-state index in [1.807, 2.05) is 12.1 Å². The number of rotatable bonds is 6. The molecule has 2 aromatic heterocycles. The highest BCUT2D eigenvalue weighted by Gasteiger charge is 2.39. The Labute approximate surface area is 201 Å². The van der Waals surface area contributed by atoms with E-state index < -0.39 is 27.1 Å². The van der Waals surface area contributed by atoms with Gasteiger partial charge in [-0.1, -0.05) is 19.3 Å². The average molecular weight is 507 g/mol. The zero-order valence-corrected chi connectivity index (χ0v) is 20.1. The summed E-state index contributed by atoms with van der Waals surface area (Å²) >= 11 is 0. The molecule has 7 nitrogen and oxygen atoms in total. The molecule has 1 aliphatic rings. The van der Waals surface area contributed by atoms with Crippen LogP contribution in [0.4, 0.5) is 13.2 Å². The Morgan fingerprint density at radius 3 is 2.49 bits per heavy atom. The van der Waals surface area contributed by atoms with Crippen LogP contribution in [0.2, 0.25) is 0 Å². The number of hydrogen-bond donors (Lipinski definition) is 1. The normalized spacial score (nSPS) is 16.2. The smallest absolute Gasteiger partial charge is 0.404 e. The minimum Gasteiger partial charge on any atom is -0.497 e. The third kappa shape index (κ3) is 4.86. The molecule has 0 radical (unpaired) electrons. The van der Waals surface area contributed by atoms with Gasteiger partial charge in [0.15, 0.2) is 0 Å². The molecule has 0 amide bonds. The fraction of sp³-hybridized carbons (Fsp3) is 0.417. The lowest BCUT2D eigenvalue weighted by Gasteiger charge is -2.26. The van der Waals surface area contributed by atoms with E-state index in [4.69, 9.17) is 4.74 Å². The molecule has 4 rings (SSSR count). The number of aromatic nitrogens is 2. The minimum atomic E-state index is -4.72. The number of nitrogens with zero attached hydrogens (tertiary/aromatic N) is 3.